The summed E-state index contributed by atoms with van der Waals surface area (Å²) in [6.07, 6.45) is -4.15. The number of benzene rings is 1. The number of hydrogen-bond acceptors (Lipinski definition) is 16. The maximum atomic E-state index is 14.7. The third-order valence-corrected chi connectivity index (χ3v) is 12.2. The average Bonchev–Trinajstić information content (AvgIpc) is 4.14. The van der Waals surface area contributed by atoms with E-state index < -0.39 is 109 Å². The van der Waals surface area contributed by atoms with Gasteiger partial charge in [-0.25, -0.2) is 0 Å². The molecular formula is C38H51N3O15. The Balaban J connectivity index is 1.01. The Labute approximate surface area is 322 Å². The number of carbonyl (C=O) groups is 3. The number of aliphatic hydroxyl groups is 6. The molecule has 308 valence electrons. The molecule has 8 rings (SSSR count). The van der Waals surface area contributed by atoms with Crippen LogP contribution in [0.3, 0.4) is 0 Å². The highest BCUT2D eigenvalue weighted by Crippen LogP contribution is 2.63. The summed E-state index contributed by atoms with van der Waals surface area (Å²) in [5.41, 5.74) is -0.0567. The summed E-state index contributed by atoms with van der Waals surface area (Å²) in [6.45, 7) is 0.448. The van der Waals surface area contributed by atoms with Crippen molar-refractivity contribution in [3.05, 3.63) is 41.5 Å². The molecule has 0 radical (unpaired) electrons. The molecule has 2 amide bonds. The van der Waals surface area contributed by atoms with E-state index in [-0.39, 0.29) is 44.6 Å². The van der Waals surface area contributed by atoms with E-state index in [4.69, 9.17) is 28.5 Å². The van der Waals surface area contributed by atoms with Gasteiger partial charge in [-0.1, -0.05) is 36.4 Å². The molecule has 3 saturated carbocycles. The van der Waals surface area contributed by atoms with Gasteiger partial charge in [-0.05, 0) is 43.7 Å². The van der Waals surface area contributed by atoms with Crippen LogP contribution in [-0.4, -0.2) is 159 Å². The normalized spacial score (nSPS) is 38.5. The van der Waals surface area contributed by atoms with Crippen LogP contribution < -0.4 is 10.6 Å². The monoisotopic (exact) mass is 789 g/mol. The minimum Gasteiger partial charge on any atom is -0.458 e. The molecule has 0 aromatic heterocycles. The number of esters is 1. The first-order chi connectivity index (χ1) is 26.9. The number of hydroxylamine groups is 2. The summed E-state index contributed by atoms with van der Waals surface area (Å²) in [4.78, 5) is 48.4. The summed E-state index contributed by atoms with van der Waals surface area (Å²) in [5.74, 6) is -2.49. The molecule has 2 bridgehead atoms. The Morgan fingerprint density at radius 3 is 2.36 bits per heavy atom. The molecule has 18 nitrogen and oxygen atoms in total. The standard InChI is InChI=1S/C38H51N3O15/c1-18(44)25(33(48)39-12-13-42)40-36(50)37-15-23-29-30(55-38(54-29,21-8-9-21)22-10-11-22)32(37)56-41(31(37)34(49)52-23)16-20-6-4-19(5-7-20)3-2-14-51-35-28(47)27(46)26(45)24(17-43)53-35/h2-7,18,21-32,35,42-47H,8-17H2,1H3,(H,39,48)(H,40,50). The smallest absolute Gasteiger partial charge is 0.327 e. The Bertz CT molecular complexity index is 1640. The molecule has 56 heavy (non-hydrogen) atoms. The van der Waals surface area contributed by atoms with Crippen molar-refractivity contribution in [2.24, 2.45) is 17.3 Å². The van der Waals surface area contributed by atoms with Gasteiger partial charge >= 0.3 is 5.97 Å². The molecule has 7 aliphatic rings. The third-order valence-electron chi connectivity index (χ3n) is 12.2. The molecular weight excluding hydrogens is 738 g/mol. The minimum absolute atomic E-state index is 0.0158. The number of carbonyl (C=O) groups excluding carboxylic acids is 3. The SMILES string of the molecule is CC(O)C(NC(=O)C12CC3OC(=O)C1N(Cc1ccc(C=CCOC4OC(CO)C(O)C(O)C4O)cc1)OC2C1OC(C2CC2)(C2CC2)OC31)C(=O)NCCO. The molecule has 1 aromatic carbocycles. The van der Waals surface area contributed by atoms with Crippen molar-refractivity contribution in [2.45, 2.75) is 125 Å². The van der Waals surface area contributed by atoms with Gasteiger partial charge in [0.15, 0.2) is 18.1 Å². The van der Waals surface area contributed by atoms with Gasteiger partial charge in [0.05, 0.1) is 32.5 Å². The fraction of sp³-hybridized carbons (Fsp3) is 0.711. The number of aliphatic hydroxyl groups excluding tert-OH is 6. The Hall–Kier alpha value is -3.11. The molecule has 4 saturated heterocycles. The van der Waals surface area contributed by atoms with Crippen LogP contribution in [0.1, 0.15) is 50.2 Å². The largest absolute Gasteiger partial charge is 0.458 e. The number of rotatable bonds is 15. The Morgan fingerprint density at radius 2 is 1.71 bits per heavy atom. The summed E-state index contributed by atoms with van der Waals surface area (Å²) in [5, 5.41) is 66.1. The van der Waals surface area contributed by atoms with Crippen molar-refractivity contribution in [3.63, 3.8) is 0 Å². The number of nitrogens with zero attached hydrogens (tertiary/aromatic N) is 1. The van der Waals surface area contributed by atoms with Crippen molar-refractivity contribution < 1.29 is 73.5 Å². The van der Waals surface area contributed by atoms with Crippen molar-refractivity contribution in [1.82, 2.24) is 15.7 Å². The van der Waals surface area contributed by atoms with Crippen LogP contribution in [0.5, 0.6) is 0 Å². The topological polar surface area (TPSA) is 255 Å². The summed E-state index contributed by atoms with van der Waals surface area (Å²) >= 11 is 0. The predicted octanol–water partition coefficient (Wildman–Crippen LogP) is -2.41. The number of ether oxygens (including phenoxy) is 5. The van der Waals surface area contributed by atoms with Gasteiger partial charge in [-0.15, -0.1) is 0 Å². The summed E-state index contributed by atoms with van der Waals surface area (Å²) < 4.78 is 30.6. The van der Waals surface area contributed by atoms with Crippen LogP contribution in [0.25, 0.3) is 6.08 Å². The molecule has 1 aromatic rings. The van der Waals surface area contributed by atoms with Crippen LogP contribution in [0, 0.1) is 17.3 Å². The van der Waals surface area contributed by atoms with E-state index in [0.29, 0.717) is 0 Å². The molecule has 18 heteroatoms. The van der Waals surface area contributed by atoms with Crippen LogP contribution in [-0.2, 0) is 49.5 Å². The fourth-order valence-corrected chi connectivity index (χ4v) is 9.09. The molecule has 4 heterocycles. The molecule has 0 spiro atoms. The zero-order valence-corrected chi connectivity index (χ0v) is 30.9. The molecule has 8 N–H and O–H groups in total. The van der Waals surface area contributed by atoms with E-state index in [9.17, 15) is 45.0 Å². The van der Waals surface area contributed by atoms with Crippen LogP contribution in [0.2, 0.25) is 0 Å². The molecule has 13 unspecified atom stereocenters. The van der Waals surface area contributed by atoms with Gasteiger partial charge in [0.2, 0.25) is 11.8 Å². The Kier molecular flexibility index (Phi) is 11.0. The van der Waals surface area contributed by atoms with Gasteiger partial charge in [0, 0.05) is 24.8 Å². The van der Waals surface area contributed by atoms with Crippen molar-refractivity contribution >= 4 is 23.9 Å². The van der Waals surface area contributed by atoms with E-state index in [1.165, 1.54) is 12.0 Å². The van der Waals surface area contributed by atoms with E-state index in [2.05, 4.69) is 10.6 Å². The lowest BCUT2D eigenvalue weighted by atomic mass is 9.62. The maximum absolute atomic E-state index is 14.7. The van der Waals surface area contributed by atoms with E-state index in [1.807, 2.05) is 24.3 Å². The quantitative estimate of drug-likeness (QED) is 0.0862. The number of fused-ring (bicyclic) bond motifs is 4. The van der Waals surface area contributed by atoms with Crippen LogP contribution in [0.15, 0.2) is 30.3 Å². The van der Waals surface area contributed by atoms with Gasteiger partial charge in [-0.3, -0.25) is 19.2 Å². The predicted molar refractivity (Wildman–Crippen MR) is 188 cm³/mol. The minimum atomic E-state index is -1.57. The molecule has 7 fully saturated rings. The van der Waals surface area contributed by atoms with E-state index in [1.54, 1.807) is 12.2 Å². The second-order valence-corrected chi connectivity index (χ2v) is 16.0. The lowest BCUT2D eigenvalue weighted by Crippen LogP contribution is -2.71. The first kappa shape index (κ1) is 39.7. The van der Waals surface area contributed by atoms with Crippen molar-refractivity contribution in [2.75, 3.05) is 26.4 Å². The zero-order chi connectivity index (χ0) is 39.5. The van der Waals surface area contributed by atoms with Gasteiger partial charge in [-0.2, -0.15) is 5.06 Å². The second kappa shape index (κ2) is 15.6. The maximum Gasteiger partial charge on any atom is 0.327 e. The Morgan fingerprint density at radius 1 is 1.02 bits per heavy atom. The third kappa shape index (κ3) is 6.96. The van der Waals surface area contributed by atoms with Gasteiger partial charge in [0.25, 0.3) is 0 Å². The summed E-state index contributed by atoms with van der Waals surface area (Å²) in [6, 6.07) is 4.69. The number of hydrogen-bond donors (Lipinski definition) is 8. The highest BCUT2D eigenvalue weighted by molar-refractivity contribution is 5.96. The fourth-order valence-electron chi connectivity index (χ4n) is 9.09. The van der Waals surface area contributed by atoms with E-state index in [0.717, 1.165) is 36.8 Å². The van der Waals surface area contributed by atoms with Gasteiger partial charge in [0.1, 0.15) is 60.3 Å². The van der Waals surface area contributed by atoms with Crippen LogP contribution in [0.4, 0.5) is 0 Å². The highest BCUT2D eigenvalue weighted by Gasteiger charge is 2.78. The first-order valence-corrected chi connectivity index (χ1v) is 19.5. The molecule has 13 atom stereocenters. The lowest BCUT2D eigenvalue weighted by Gasteiger charge is -2.49. The van der Waals surface area contributed by atoms with E-state index >= 15 is 0 Å². The van der Waals surface area contributed by atoms with Crippen molar-refractivity contribution in [3.8, 4) is 0 Å². The molecule has 3 aliphatic carbocycles. The highest BCUT2D eigenvalue weighted by atomic mass is 16.8. The first-order valence-electron chi connectivity index (χ1n) is 19.5. The van der Waals surface area contributed by atoms with Crippen LogP contribution >= 0.6 is 0 Å². The average molecular weight is 790 g/mol. The van der Waals surface area contributed by atoms with Crippen molar-refractivity contribution in [1.29, 1.82) is 0 Å². The lowest BCUT2D eigenvalue weighted by molar-refractivity contribution is -0.298. The summed E-state index contributed by atoms with van der Waals surface area (Å²) in [7, 11) is 0. The zero-order valence-electron chi connectivity index (χ0n) is 30.9. The number of amides is 2. The molecule has 4 aliphatic heterocycles. The second-order valence-electron chi connectivity index (χ2n) is 16.0. The van der Waals surface area contributed by atoms with Gasteiger partial charge < -0.3 is 65.0 Å². The number of nitrogens with one attached hydrogen (secondary N) is 2.